The number of rotatable bonds is 7. The van der Waals surface area contributed by atoms with Crippen LogP contribution < -0.4 is 10.6 Å². The van der Waals surface area contributed by atoms with E-state index in [1.807, 2.05) is 31.2 Å². The van der Waals surface area contributed by atoms with Gasteiger partial charge in [0.05, 0.1) is 28.8 Å². The van der Waals surface area contributed by atoms with E-state index in [1.54, 1.807) is 0 Å². The first kappa shape index (κ1) is 22.5. The van der Waals surface area contributed by atoms with E-state index in [1.165, 1.54) is 36.4 Å². The second-order valence-corrected chi connectivity index (χ2v) is 7.74. The van der Waals surface area contributed by atoms with Gasteiger partial charge >= 0.3 is 6.18 Å². The number of furan rings is 1. The Labute approximate surface area is 181 Å². The van der Waals surface area contributed by atoms with Crippen LogP contribution in [0.3, 0.4) is 0 Å². The van der Waals surface area contributed by atoms with E-state index in [-0.39, 0.29) is 22.7 Å². The monoisotopic (exact) mass is 448 g/mol. The smallest absolute Gasteiger partial charge is 0.418 e. The van der Waals surface area contributed by atoms with Crippen LogP contribution in [0, 0.1) is 6.92 Å². The lowest BCUT2D eigenvalue weighted by Crippen LogP contribution is -2.19. The number of amides is 2. The first-order valence-electron chi connectivity index (χ1n) is 9.20. The van der Waals surface area contributed by atoms with Gasteiger partial charge in [-0.1, -0.05) is 29.8 Å². The second kappa shape index (κ2) is 9.74. The van der Waals surface area contributed by atoms with Crippen molar-refractivity contribution in [3.63, 3.8) is 0 Å². The molecule has 0 aliphatic heterocycles. The van der Waals surface area contributed by atoms with Crippen LogP contribution >= 0.6 is 11.8 Å². The van der Waals surface area contributed by atoms with Crippen LogP contribution in [0.1, 0.15) is 27.0 Å². The molecule has 0 unspecified atom stereocenters. The molecule has 162 valence electrons. The summed E-state index contributed by atoms with van der Waals surface area (Å²) in [6.45, 7) is 1.97. The molecule has 2 N–H and O–H groups in total. The Hall–Kier alpha value is -3.20. The average molecular weight is 448 g/mol. The van der Waals surface area contributed by atoms with E-state index in [4.69, 9.17) is 4.42 Å². The molecule has 31 heavy (non-hydrogen) atoms. The quantitative estimate of drug-likeness (QED) is 0.484. The number of benzene rings is 2. The third kappa shape index (κ3) is 6.39. The third-order valence-corrected chi connectivity index (χ3v) is 5.27. The Balaban J connectivity index is 1.64. The SMILES string of the molecule is Cc1ccc(CSCC(=O)Nc2ccc(NC(=O)c3ccoc3)cc2C(F)(F)F)cc1. The molecule has 0 aliphatic rings. The Morgan fingerprint density at radius 1 is 1.03 bits per heavy atom. The number of hydrogen-bond donors (Lipinski definition) is 2. The molecule has 2 aromatic carbocycles. The standard InChI is InChI=1S/C22H19F3N2O3S/c1-14-2-4-15(5-3-14)12-31-13-20(28)27-19-7-6-17(10-18(19)22(23,24)25)26-21(29)16-8-9-30-11-16/h2-11H,12-13H2,1H3,(H,26,29)(H,27,28). The van der Waals surface area contributed by atoms with Crippen molar-refractivity contribution in [3.05, 3.63) is 83.3 Å². The Morgan fingerprint density at radius 2 is 1.77 bits per heavy atom. The third-order valence-electron chi connectivity index (χ3n) is 4.26. The van der Waals surface area contributed by atoms with Gasteiger partial charge in [0, 0.05) is 11.4 Å². The lowest BCUT2D eigenvalue weighted by atomic mass is 10.1. The van der Waals surface area contributed by atoms with Crippen LogP contribution in [0.2, 0.25) is 0 Å². The van der Waals surface area contributed by atoms with Crippen molar-refractivity contribution < 1.29 is 27.2 Å². The van der Waals surface area contributed by atoms with Crippen molar-refractivity contribution in [2.45, 2.75) is 18.9 Å². The minimum Gasteiger partial charge on any atom is -0.472 e. The van der Waals surface area contributed by atoms with Crippen LogP contribution in [0.5, 0.6) is 0 Å². The Bertz CT molecular complexity index is 1050. The predicted molar refractivity (Wildman–Crippen MR) is 114 cm³/mol. The van der Waals surface area contributed by atoms with Gasteiger partial charge in [0.2, 0.25) is 5.91 Å². The molecule has 0 fully saturated rings. The topological polar surface area (TPSA) is 71.3 Å². The summed E-state index contributed by atoms with van der Waals surface area (Å²) in [7, 11) is 0. The van der Waals surface area contributed by atoms with Crippen LogP contribution in [0.4, 0.5) is 24.5 Å². The van der Waals surface area contributed by atoms with Gasteiger partial charge in [0.15, 0.2) is 0 Å². The van der Waals surface area contributed by atoms with Gasteiger partial charge in [0.25, 0.3) is 5.91 Å². The highest BCUT2D eigenvalue weighted by atomic mass is 32.2. The van der Waals surface area contributed by atoms with E-state index in [2.05, 4.69) is 10.6 Å². The summed E-state index contributed by atoms with van der Waals surface area (Å²) in [5.74, 6) is -0.577. The van der Waals surface area contributed by atoms with Gasteiger partial charge in [-0.15, -0.1) is 11.8 Å². The van der Waals surface area contributed by atoms with Crippen molar-refractivity contribution in [1.82, 2.24) is 0 Å². The molecule has 0 atom stereocenters. The first-order chi connectivity index (χ1) is 14.7. The molecular weight excluding hydrogens is 429 g/mol. The fourth-order valence-electron chi connectivity index (χ4n) is 2.69. The van der Waals surface area contributed by atoms with Crippen LogP contribution in [0.15, 0.2) is 65.5 Å². The van der Waals surface area contributed by atoms with Gasteiger partial charge in [-0.25, -0.2) is 0 Å². The average Bonchev–Trinajstić information content (AvgIpc) is 3.25. The molecule has 0 saturated carbocycles. The molecule has 0 aliphatic carbocycles. The zero-order valence-electron chi connectivity index (χ0n) is 16.5. The molecule has 3 aromatic rings. The lowest BCUT2D eigenvalue weighted by molar-refractivity contribution is -0.136. The first-order valence-corrected chi connectivity index (χ1v) is 10.4. The van der Waals surface area contributed by atoms with E-state index < -0.39 is 23.6 Å². The summed E-state index contributed by atoms with van der Waals surface area (Å²) in [4.78, 5) is 24.2. The highest BCUT2D eigenvalue weighted by Gasteiger charge is 2.34. The fraction of sp³-hybridized carbons (Fsp3) is 0.182. The van der Waals surface area contributed by atoms with Crippen molar-refractivity contribution in [1.29, 1.82) is 0 Å². The molecule has 1 aromatic heterocycles. The van der Waals surface area contributed by atoms with Crippen molar-refractivity contribution >= 4 is 35.0 Å². The van der Waals surface area contributed by atoms with Crippen LogP contribution in [-0.2, 0) is 16.7 Å². The fourth-order valence-corrected chi connectivity index (χ4v) is 3.48. The zero-order chi connectivity index (χ0) is 22.4. The van der Waals surface area contributed by atoms with Crippen molar-refractivity contribution in [2.75, 3.05) is 16.4 Å². The van der Waals surface area contributed by atoms with Gasteiger partial charge in [-0.2, -0.15) is 13.2 Å². The molecule has 5 nitrogen and oxygen atoms in total. The molecule has 0 spiro atoms. The number of alkyl halides is 3. The molecule has 9 heteroatoms. The molecule has 1 heterocycles. The summed E-state index contributed by atoms with van der Waals surface area (Å²) in [6, 6.07) is 12.4. The van der Waals surface area contributed by atoms with Crippen molar-refractivity contribution in [3.8, 4) is 0 Å². The van der Waals surface area contributed by atoms with E-state index in [0.717, 1.165) is 23.3 Å². The predicted octanol–water partition coefficient (Wildman–Crippen LogP) is 5.73. The Morgan fingerprint density at radius 3 is 2.42 bits per heavy atom. The lowest BCUT2D eigenvalue weighted by Gasteiger charge is -2.15. The summed E-state index contributed by atoms with van der Waals surface area (Å²) in [6.07, 6.45) is -2.25. The molecule has 2 amide bonds. The number of anilines is 2. The number of aryl methyl sites for hydroxylation is 1. The largest absolute Gasteiger partial charge is 0.472 e. The maximum atomic E-state index is 13.5. The maximum absolute atomic E-state index is 13.5. The van der Waals surface area contributed by atoms with Crippen LogP contribution in [0.25, 0.3) is 0 Å². The highest BCUT2D eigenvalue weighted by molar-refractivity contribution is 7.99. The van der Waals surface area contributed by atoms with E-state index in [0.29, 0.717) is 5.75 Å². The maximum Gasteiger partial charge on any atom is 0.418 e. The summed E-state index contributed by atoms with van der Waals surface area (Å²) < 4.78 is 45.3. The molecular formula is C22H19F3N2O3S. The number of halogens is 3. The van der Waals surface area contributed by atoms with Gasteiger partial charge in [-0.3, -0.25) is 9.59 Å². The minimum absolute atomic E-state index is 0.00412. The summed E-state index contributed by atoms with van der Waals surface area (Å²) in [5, 5.41) is 4.69. The van der Waals surface area contributed by atoms with Gasteiger partial charge in [0.1, 0.15) is 6.26 Å². The molecule has 0 saturated heterocycles. The Kier molecular flexibility index (Phi) is 7.06. The van der Waals surface area contributed by atoms with Gasteiger partial charge < -0.3 is 15.1 Å². The van der Waals surface area contributed by atoms with E-state index in [9.17, 15) is 22.8 Å². The van der Waals surface area contributed by atoms with Crippen LogP contribution in [-0.4, -0.2) is 17.6 Å². The second-order valence-electron chi connectivity index (χ2n) is 6.75. The van der Waals surface area contributed by atoms with Crippen molar-refractivity contribution in [2.24, 2.45) is 0 Å². The summed E-state index contributed by atoms with van der Waals surface area (Å²) in [5.41, 5.74) is 0.860. The number of thioether (sulfide) groups is 1. The normalized spacial score (nSPS) is 11.2. The van der Waals surface area contributed by atoms with E-state index >= 15 is 0 Å². The summed E-state index contributed by atoms with van der Waals surface area (Å²) >= 11 is 1.30. The highest BCUT2D eigenvalue weighted by Crippen LogP contribution is 2.36. The number of hydrogen-bond acceptors (Lipinski definition) is 4. The number of carbonyl (C=O) groups excluding carboxylic acids is 2. The minimum atomic E-state index is -4.71. The molecule has 0 radical (unpaired) electrons. The molecule has 3 rings (SSSR count). The number of carbonyl (C=O) groups is 2. The number of nitrogens with one attached hydrogen (secondary N) is 2. The van der Waals surface area contributed by atoms with Gasteiger partial charge in [-0.05, 0) is 36.8 Å². The zero-order valence-corrected chi connectivity index (χ0v) is 17.3. The molecule has 0 bridgehead atoms.